The Kier molecular flexibility index (Phi) is 5.07. The van der Waals surface area contributed by atoms with Crippen molar-refractivity contribution >= 4 is 43.1 Å². The van der Waals surface area contributed by atoms with Gasteiger partial charge in [-0.15, -0.1) is 11.3 Å². The van der Waals surface area contributed by atoms with Crippen molar-refractivity contribution in [3.63, 3.8) is 0 Å². The lowest BCUT2D eigenvalue weighted by Gasteiger charge is -2.35. The first-order valence-electron chi connectivity index (χ1n) is 9.69. The molecule has 0 N–H and O–H groups in total. The highest BCUT2D eigenvalue weighted by Crippen LogP contribution is 2.36. The molecule has 0 radical (unpaired) electrons. The molecule has 0 spiro atoms. The molecule has 0 aromatic carbocycles. The Morgan fingerprint density at radius 2 is 1.93 bits per heavy atom. The van der Waals surface area contributed by atoms with Crippen molar-refractivity contribution in [2.45, 2.75) is 39.2 Å². The molecule has 152 valence electrons. The Morgan fingerprint density at radius 1 is 1.21 bits per heavy atom. The molecule has 1 atom stereocenters. The van der Waals surface area contributed by atoms with Crippen LogP contribution in [0.2, 0.25) is 0 Å². The quantitative estimate of drug-likeness (QED) is 0.754. The number of rotatable bonds is 3. The highest BCUT2D eigenvalue weighted by molar-refractivity contribution is 7.91. The smallest absolute Gasteiger partial charge is 0.225 e. The van der Waals surface area contributed by atoms with Crippen molar-refractivity contribution in [1.29, 1.82) is 0 Å². The predicted octanol–water partition coefficient (Wildman–Crippen LogP) is 2.17. The number of nitrogens with zero attached hydrogens (tertiary/aromatic N) is 4. The predicted molar refractivity (Wildman–Crippen MR) is 112 cm³/mol. The van der Waals surface area contributed by atoms with Gasteiger partial charge in [-0.1, -0.05) is 0 Å². The largest absolute Gasteiger partial charge is 0.356 e. The van der Waals surface area contributed by atoms with E-state index in [1.165, 1.54) is 10.4 Å². The molecule has 7 nitrogen and oxygen atoms in total. The van der Waals surface area contributed by atoms with E-state index in [0.717, 1.165) is 42.0 Å². The van der Waals surface area contributed by atoms with Gasteiger partial charge in [0, 0.05) is 37.0 Å². The summed E-state index contributed by atoms with van der Waals surface area (Å²) in [6.07, 6.45) is 3.70. The second kappa shape index (κ2) is 7.26. The van der Waals surface area contributed by atoms with Gasteiger partial charge in [0.2, 0.25) is 5.91 Å². The lowest BCUT2D eigenvalue weighted by molar-refractivity contribution is -0.136. The van der Waals surface area contributed by atoms with Gasteiger partial charge in [0.1, 0.15) is 17.0 Å². The molecule has 0 unspecified atom stereocenters. The molecule has 1 amide bonds. The third-order valence-electron chi connectivity index (χ3n) is 6.19. The van der Waals surface area contributed by atoms with Gasteiger partial charge in [-0.25, -0.2) is 18.4 Å². The molecule has 2 aromatic rings. The average Bonchev–Trinajstić information content (AvgIpc) is 3.19. The molecule has 0 bridgehead atoms. The number of aryl methyl sites for hydroxylation is 2. The van der Waals surface area contributed by atoms with Crippen LogP contribution < -0.4 is 4.90 Å². The highest BCUT2D eigenvalue weighted by atomic mass is 32.2. The summed E-state index contributed by atoms with van der Waals surface area (Å²) < 4.78 is 23.4. The summed E-state index contributed by atoms with van der Waals surface area (Å²) in [5.41, 5.74) is 1.23. The molecule has 2 fully saturated rings. The Hall–Kier alpha value is -1.74. The van der Waals surface area contributed by atoms with Gasteiger partial charge < -0.3 is 9.80 Å². The lowest BCUT2D eigenvalue weighted by Crippen LogP contribution is -2.45. The summed E-state index contributed by atoms with van der Waals surface area (Å²) in [7, 11) is -1.23. The van der Waals surface area contributed by atoms with Crippen molar-refractivity contribution in [3.8, 4) is 0 Å². The second-order valence-corrected chi connectivity index (χ2v) is 11.4. The number of aromatic nitrogens is 2. The number of carbonyl (C=O) groups is 1. The zero-order valence-corrected chi connectivity index (χ0v) is 18.1. The maximum atomic E-state index is 12.9. The van der Waals surface area contributed by atoms with E-state index in [1.54, 1.807) is 29.6 Å². The van der Waals surface area contributed by atoms with Crippen molar-refractivity contribution < 1.29 is 13.2 Å². The maximum absolute atomic E-state index is 12.9. The van der Waals surface area contributed by atoms with Crippen LogP contribution in [0.1, 0.15) is 29.7 Å². The van der Waals surface area contributed by atoms with Crippen LogP contribution in [-0.4, -0.2) is 66.9 Å². The van der Waals surface area contributed by atoms with Crippen LogP contribution in [0.15, 0.2) is 6.33 Å². The number of fused-ring (bicyclic) bond motifs is 1. The molecule has 0 saturated carbocycles. The summed E-state index contributed by atoms with van der Waals surface area (Å²) >= 11 is 1.69. The third-order valence-corrected chi connectivity index (χ3v) is 9.06. The van der Waals surface area contributed by atoms with E-state index in [9.17, 15) is 13.2 Å². The molecule has 9 heteroatoms. The van der Waals surface area contributed by atoms with Crippen LogP contribution in [0.4, 0.5) is 5.82 Å². The fourth-order valence-corrected chi connectivity index (χ4v) is 7.06. The Balaban J connectivity index is 1.45. The minimum absolute atomic E-state index is 0.0489. The van der Waals surface area contributed by atoms with Gasteiger partial charge in [-0.3, -0.25) is 4.79 Å². The molecular formula is C19H26N4O3S2. The number of carbonyl (C=O) groups excluding carboxylic acids is 1. The van der Waals surface area contributed by atoms with Gasteiger partial charge in [-0.2, -0.15) is 0 Å². The summed E-state index contributed by atoms with van der Waals surface area (Å²) in [6, 6.07) is -0.173. The Labute approximate surface area is 169 Å². The third kappa shape index (κ3) is 3.50. The van der Waals surface area contributed by atoms with Gasteiger partial charge in [0.15, 0.2) is 9.84 Å². The van der Waals surface area contributed by atoms with Crippen LogP contribution >= 0.6 is 11.3 Å². The average molecular weight is 423 g/mol. The SMILES string of the molecule is Cc1sc2ncnc(N3CCC(C(=O)N(C)[C@@H]4CCS(=O)(=O)C4)CC3)c2c1C. The van der Waals surface area contributed by atoms with Crippen LogP contribution in [0, 0.1) is 19.8 Å². The first-order valence-corrected chi connectivity index (χ1v) is 12.3. The standard InChI is InChI=1S/C19H26N4O3S2/c1-12-13(2)27-18-16(12)17(20-11-21-18)23-7-4-14(5-8-23)19(24)22(3)15-6-9-28(25,26)10-15/h11,14-15H,4-10H2,1-3H3/t15-/m1/s1. The summed E-state index contributed by atoms with van der Waals surface area (Å²) in [5, 5.41) is 1.13. The van der Waals surface area contributed by atoms with E-state index in [1.807, 2.05) is 0 Å². The van der Waals surface area contributed by atoms with Gasteiger partial charge in [0.05, 0.1) is 16.9 Å². The topological polar surface area (TPSA) is 83.5 Å². The summed E-state index contributed by atoms with van der Waals surface area (Å²) in [5.74, 6) is 1.29. The van der Waals surface area contributed by atoms with Crippen LogP contribution in [0.3, 0.4) is 0 Å². The number of sulfone groups is 1. The normalized spacial score (nSPS) is 22.7. The number of hydrogen-bond donors (Lipinski definition) is 0. The minimum atomic E-state index is -2.99. The number of amides is 1. The van der Waals surface area contributed by atoms with Crippen LogP contribution in [0.25, 0.3) is 10.2 Å². The zero-order chi connectivity index (χ0) is 20.1. The highest BCUT2D eigenvalue weighted by Gasteiger charge is 2.36. The van der Waals surface area contributed by atoms with E-state index < -0.39 is 9.84 Å². The lowest BCUT2D eigenvalue weighted by atomic mass is 9.94. The van der Waals surface area contributed by atoms with E-state index in [0.29, 0.717) is 6.42 Å². The van der Waals surface area contributed by atoms with Gasteiger partial charge in [-0.05, 0) is 38.7 Å². The fourth-order valence-electron chi connectivity index (χ4n) is 4.29. The molecule has 2 aliphatic rings. The Morgan fingerprint density at radius 3 is 2.57 bits per heavy atom. The van der Waals surface area contributed by atoms with Crippen molar-refractivity contribution in [3.05, 3.63) is 16.8 Å². The van der Waals surface area contributed by atoms with E-state index >= 15 is 0 Å². The van der Waals surface area contributed by atoms with Crippen LogP contribution in [0.5, 0.6) is 0 Å². The molecule has 28 heavy (non-hydrogen) atoms. The van der Waals surface area contributed by atoms with E-state index in [-0.39, 0.29) is 29.4 Å². The van der Waals surface area contributed by atoms with Gasteiger partial charge >= 0.3 is 0 Å². The minimum Gasteiger partial charge on any atom is -0.356 e. The Bertz CT molecular complexity index is 1010. The fraction of sp³-hybridized carbons (Fsp3) is 0.632. The molecule has 2 aliphatic heterocycles. The van der Waals surface area contributed by atoms with Crippen molar-refractivity contribution in [1.82, 2.24) is 14.9 Å². The molecule has 4 heterocycles. The monoisotopic (exact) mass is 422 g/mol. The first-order chi connectivity index (χ1) is 13.3. The van der Waals surface area contributed by atoms with Crippen molar-refractivity contribution in [2.24, 2.45) is 5.92 Å². The van der Waals surface area contributed by atoms with Crippen LogP contribution in [-0.2, 0) is 14.6 Å². The number of anilines is 1. The number of piperidine rings is 1. The first kappa shape index (κ1) is 19.6. The summed E-state index contributed by atoms with van der Waals surface area (Å²) in [6.45, 7) is 5.76. The molecular weight excluding hydrogens is 396 g/mol. The molecule has 2 saturated heterocycles. The second-order valence-electron chi connectivity index (χ2n) is 7.93. The molecule has 0 aliphatic carbocycles. The van der Waals surface area contributed by atoms with E-state index in [2.05, 4.69) is 28.7 Å². The van der Waals surface area contributed by atoms with E-state index in [4.69, 9.17) is 0 Å². The van der Waals surface area contributed by atoms with Gasteiger partial charge in [0.25, 0.3) is 0 Å². The molecule has 4 rings (SSSR count). The van der Waals surface area contributed by atoms with Crippen molar-refractivity contribution in [2.75, 3.05) is 36.5 Å². The number of hydrogen-bond acceptors (Lipinski definition) is 7. The molecule has 2 aromatic heterocycles. The maximum Gasteiger partial charge on any atom is 0.225 e. The zero-order valence-electron chi connectivity index (χ0n) is 16.5. The summed E-state index contributed by atoms with van der Waals surface area (Å²) in [4.78, 5) is 28.1. The number of thiophene rings is 1.